The molecule has 21 heavy (non-hydrogen) atoms. The fraction of sp³-hybridized carbons (Fsp3) is 0.250. The second-order valence-electron chi connectivity index (χ2n) is 4.89. The molecule has 4 nitrogen and oxygen atoms in total. The van der Waals surface area contributed by atoms with Gasteiger partial charge < -0.3 is 19.5 Å². The van der Waals surface area contributed by atoms with Crippen LogP contribution in [0.4, 0.5) is 0 Å². The summed E-state index contributed by atoms with van der Waals surface area (Å²) in [7, 11) is -1.45. The monoisotopic (exact) mass is 286 g/mol. The van der Waals surface area contributed by atoms with Crippen LogP contribution in [0, 0.1) is 13.8 Å². The maximum atomic E-state index is 8.99. The molecule has 2 aromatic rings. The first-order valence-corrected chi connectivity index (χ1v) is 6.85. The predicted molar refractivity (Wildman–Crippen MR) is 83.2 cm³/mol. The van der Waals surface area contributed by atoms with Crippen LogP contribution >= 0.6 is 0 Å². The molecule has 0 saturated carbocycles. The normalized spacial score (nSPS) is 10.3. The van der Waals surface area contributed by atoms with E-state index < -0.39 is 7.12 Å². The van der Waals surface area contributed by atoms with Crippen molar-refractivity contribution in [2.24, 2.45) is 0 Å². The minimum absolute atomic E-state index is 0.425. The zero-order valence-electron chi connectivity index (χ0n) is 12.2. The smallest absolute Gasteiger partial charge is 0.488 e. The van der Waals surface area contributed by atoms with Gasteiger partial charge in [-0.2, -0.15) is 0 Å². The Morgan fingerprint density at radius 1 is 0.810 bits per heavy atom. The van der Waals surface area contributed by atoms with E-state index in [-0.39, 0.29) is 0 Å². The lowest BCUT2D eigenvalue weighted by Crippen LogP contribution is -2.29. The summed E-state index contributed by atoms with van der Waals surface area (Å²) < 4.78 is 11.1. The third kappa shape index (κ3) is 4.51. The molecule has 0 amide bonds. The van der Waals surface area contributed by atoms with Crippen molar-refractivity contribution in [1.82, 2.24) is 0 Å². The third-order valence-corrected chi connectivity index (χ3v) is 3.28. The van der Waals surface area contributed by atoms with Crippen molar-refractivity contribution in [3.05, 3.63) is 53.6 Å². The van der Waals surface area contributed by atoms with Crippen LogP contribution in [0.2, 0.25) is 0 Å². The first kappa shape index (κ1) is 15.4. The summed E-state index contributed by atoms with van der Waals surface area (Å²) in [6.45, 7) is 4.99. The van der Waals surface area contributed by atoms with Gasteiger partial charge in [-0.05, 0) is 54.7 Å². The maximum Gasteiger partial charge on any atom is 0.488 e. The molecular formula is C16H19BO4. The van der Waals surface area contributed by atoms with E-state index in [9.17, 15) is 0 Å². The van der Waals surface area contributed by atoms with Gasteiger partial charge in [0.2, 0.25) is 0 Å². The standard InChI is InChI=1S/C16H19BO4/c1-12-3-6-16(11-13(12)2)21-10-9-20-15-7-4-14(5-8-15)17(18)19/h3-8,11,18-19H,9-10H2,1-2H3. The highest BCUT2D eigenvalue weighted by atomic mass is 16.5. The number of benzene rings is 2. The van der Waals surface area contributed by atoms with Gasteiger partial charge in [0.15, 0.2) is 0 Å². The van der Waals surface area contributed by atoms with Crippen molar-refractivity contribution in [3.8, 4) is 11.5 Å². The van der Waals surface area contributed by atoms with E-state index in [1.807, 2.05) is 18.2 Å². The van der Waals surface area contributed by atoms with Crippen LogP contribution < -0.4 is 14.9 Å². The van der Waals surface area contributed by atoms with Gasteiger partial charge in [0.1, 0.15) is 24.7 Å². The fourth-order valence-electron chi connectivity index (χ4n) is 1.86. The summed E-state index contributed by atoms with van der Waals surface area (Å²) >= 11 is 0. The topological polar surface area (TPSA) is 58.9 Å². The van der Waals surface area contributed by atoms with Gasteiger partial charge in [0.05, 0.1) is 0 Å². The summed E-state index contributed by atoms with van der Waals surface area (Å²) in [6.07, 6.45) is 0. The van der Waals surface area contributed by atoms with Crippen LogP contribution in [0.15, 0.2) is 42.5 Å². The Kier molecular flexibility index (Phi) is 5.25. The number of hydrogen-bond donors (Lipinski definition) is 2. The molecule has 0 unspecified atom stereocenters. The van der Waals surface area contributed by atoms with E-state index >= 15 is 0 Å². The minimum atomic E-state index is -1.45. The largest absolute Gasteiger partial charge is 0.490 e. The molecule has 110 valence electrons. The van der Waals surface area contributed by atoms with Crippen LogP contribution in [-0.2, 0) is 0 Å². The Bertz CT molecular complexity index is 581. The molecular weight excluding hydrogens is 267 g/mol. The summed E-state index contributed by atoms with van der Waals surface area (Å²) in [5, 5.41) is 18.0. The van der Waals surface area contributed by atoms with Crippen molar-refractivity contribution in [2.75, 3.05) is 13.2 Å². The van der Waals surface area contributed by atoms with Gasteiger partial charge in [-0.25, -0.2) is 0 Å². The Labute approximate surface area is 125 Å². The Morgan fingerprint density at radius 3 is 1.95 bits per heavy atom. The summed E-state index contributed by atoms with van der Waals surface area (Å²) in [5.41, 5.74) is 2.88. The lowest BCUT2D eigenvalue weighted by atomic mass is 9.80. The van der Waals surface area contributed by atoms with Crippen molar-refractivity contribution in [2.45, 2.75) is 13.8 Å². The van der Waals surface area contributed by atoms with E-state index in [0.29, 0.717) is 24.4 Å². The molecule has 0 bridgehead atoms. The molecule has 0 heterocycles. The van der Waals surface area contributed by atoms with Crippen molar-refractivity contribution in [3.63, 3.8) is 0 Å². The van der Waals surface area contributed by atoms with Gasteiger partial charge >= 0.3 is 7.12 Å². The number of aryl methyl sites for hydroxylation is 2. The Morgan fingerprint density at radius 2 is 1.38 bits per heavy atom. The highest BCUT2D eigenvalue weighted by molar-refractivity contribution is 6.58. The summed E-state index contributed by atoms with van der Waals surface area (Å²) in [4.78, 5) is 0. The van der Waals surface area contributed by atoms with Gasteiger partial charge in [-0.15, -0.1) is 0 Å². The zero-order valence-corrected chi connectivity index (χ0v) is 12.2. The molecule has 2 rings (SSSR count). The molecule has 0 aliphatic carbocycles. The predicted octanol–water partition coefficient (Wildman–Crippen LogP) is 1.44. The van der Waals surface area contributed by atoms with Gasteiger partial charge in [-0.3, -0.25) is 0 Å². The molecule has 0 fully saturated rings. The molecule has 0 aliphatic rings. The van der Waals surface area contributed by atoms with Crippen LogP contribution in [-0.4, -0.2) is 30.4 Å². The number of rotatable bonds is 6. The SMILES string of the molecule is Cc1ccc(OCCOc2ccc(B(O)O)cc2)cc1C. The summed E-state index contributed by atoms with van der Waals surface area (Å²) in [6, 6.07) is 12.6. The van der Waals surface area contributed by atoms with Gasteiger partial charge in [-0.1, -0.05) is 18.2 Å². The maximum absolute atomic E-state index is 8.99. The van der Waals surface area contributed by atoms with E-state index in [1.54, 1.807) is 24.3 Å². The van der Waals surface area contributed by atoms with E-state index in [4.69, 9.17) is 19.5 Å². The lowest BCUT2D eigenvalue weighted by molar-refractivity contribution is 0.217. The first-order chi connectivity index (χ1) is 10.1. The Hall–Kier alpha value is -1.98. The van der Waals surface area contributed by atoms with E-state index in [2.05, 4.69) is 13.8 Å². The highest BCUT2D eigenvalue weighted by Gasteiger charge is 2.09. The Balaban J connectivity index is 1.77. The zero-order chi connectivity index (χ0) is 15.2. The molecule has 0 radical (unpaired) electrons. The fourth-order valence-corrected chi connectivity index (χ4v) is 1.86. The molecule has 0 spiro atoms. The molecule has 2 N–H and O–H groups in total. The molecule has 0 aromatic heterocycles. The van der Waals surface area contributed by atoms with E-state index in [1.165, 1.54) is 11.1 Å². The van der Waals surface area contributed by atoms with Crippen LogP contribution in [0.25, 0.3) is 0 Å². The van der Waals surface area contributed by atoms with Crippen LogP contribution in [0.3, 0.4) is 0 Å². The molecule has 0 saturated heterocycles. The van der Waals surface area contributed by atoms with E-state index in [0.717, 1.165) is 5.75 Å². The molecule has 5 heteroatoms. The van der Waals surface area contributed by atoms with Crippen molar-refractivity contribution >= 4 is 12.6 Å². The third-order valence-electron chi connectivity index (χ3n) is 3.28. The number of ether oxygens (including phenoxy) is 2. The van der Waals surface area contributed by atoms with Crippen LogP contribution in [0.5, 0.6) is 11.5 Å². The summed E-state index contributed by atoms with van der Waals surface area (Å²) in [5.74, 6) is 1.50. The molecule has 0 atom stereocenters. The highest BCUT2D eigenvalue weighted by Crippen LogP contribution is 2.16. The minimum Gasteiger partial charge on any atom is -0.490 e. The second-order valence-corrected chi connectivity index (χ2v) is 4.89. The number of hydrogen-bond acceptors (Lipinski definition) is 4. The van der Waals surface area contributed by atoms with Gasteiger partial charge in [0.25, 0.3) is 0 Å². The molecule has 2 aromatic carbocycles. The average Bonchev–Trinajstić information content (AvgIpc) is 2.47. The van der Waals surface area contributed by atoms with Crippen molar-refractivity contribution in [1.29, 1.82) is 0 Å². The quantitative estimate of drug-likeness (QED) is 0.623. The molecule has 0 aliphatic heterocycles. The van der Waals surface area contributed by atoms with Crippen LogP contribution in [0.1, 0.15) is 11.1 Å². The van der Waals surface area contributed by atoms with Crippen molar-refractivity contribution < 1.29 is 19.5 Å². The first-order valence-electron chi connectivity index (χ1n) is 6.85. The second kappa shape index (κ2) is 7.15. The lowest BCUT2D eigenvalue weighted by Gasteiger charge is -2.10. The van der Waals surface area contributed by atoms with Gasteiger partial charge in [0, 0.05) is 0 Å². The average molecular weight is 286 g/mol.